The summed E-state index contributed by atoms with van der Waals surface area (Å²) in [6, 6.07) is 14.8. The van der Waals surface area contributed by atoms with Crippen molar-refractivity contribution in [2.24, 2.45) is 11.7 Å². The van der Waals surface area contributed by atoms with Gasteiger partial charge < -0.3 is 15.8 Å². The Hall–Kier alpha value is -2.33. The second-order valence-electron chi connectivity index (χ2n) is 6.47. The highest BCUT2D eigenvalue weighted by Gasteiger charge is 2.22. The highest BCUT2D eigenvalue weighted by molar-refractivity contribution is 5.82. The third-order valence-corrected chi connectivity index (χ3v) is 4.29. The van der Waals surface area contributed by atoms with E-state index in [1.807, 2.05) is 55.5 Å². The third-order valence-electron chi connectivity index (χ3n) is 4.29. The Morgan fingerprint density at radius 1 is 1.25 bits per heavy atom. The summed E-state index contributed by atoms with van der Waals surface area (Å²) in [6.07, 6.45) is 2.51. The van der Waals surface area contributed by atoms with Crippen molar-refractivity contribution in [1.82, 2.24) is 5.32 Å². The summed E-state index contributed by atoms with van der Waals surface area (Å²) in [4.78, 5) is 12.3. The second kappa shape index (κ2) is 7.49. The average Bonchev–Trinajstić information content (AvgIpc) is 3.43. The van der Waals surface area contributed by atoms with E-state index in [4.69, 9.17) is 10.5 Å². The van der Waals surface area contributed by atoms with E-state index in [1.54, 1.807) is 0 Å². The molecule has 3 N–H and O–H groups in total. The maximum atomic E-state index is 12.3. The summed E-state index contributed by atoms with van der Waals surface area (Å²) in [6.45, 7) is 3.21. The molecule has 0 spiro atoms. The lowest BCUT2D eigenvalue weighted by molar-refractivity contribution is -0.122. The van der Waals surface area contributed by atoms with E-state index in [-0.39, 0.29) is 5.91 Å². The lowest BCUT2D eigenvalue weighted by atomic mass is 10.1. The molecule has 0 heterocycles. The molecule has 0 radical (unpaired) electrons. The van der Waals surface area contributed by atoms with Crippen LogP contribution in [0.4, 0.5) is 0 Å². The van der Waals surface area contributed by atoms with Crippen molar-refractivity contribution in [3.05, 3.63) is 65.2 Å². The molecular formula is C20H24N2O2. The van der Waals surface area contributed by atoms with Gasteiger partial charge in [-0.2, -0.15) is 0 Å². The van der Waals surface area contributed by atoms with E-state index in [0.717, 1.165) is 29.0 Å². The van der Waals surface area contributed by atoms with Gasteiger partial charge in [0.2, 0.25) is 5.91 Å². The van der Waals surface area contributed by atoms with Crippen LogP contribution in [0.2, 0.25) is 0 Å². The Balaban J connectivity index is 1.61. The van der Waals surface area contributed by atoms with Gasteiger partial charge in [0.1, 0.15) is 11.8 Å². The van der Waals surface area contributed by atoms with Gasteiger partial charge in [-0.15, -0.1) is 0 Å². The molecule has 24 heavy (non-hydrogen) atoms. The molecule has 1 aliphatic carbocycles. The largest absolute Gasteiger partial charge is 0.493 e. The van der Waals surface area contributed by atoms with E-state index in [1.165, 1.54) is 12.8 Å². The van der Waals surface area contributed by atoms with Gasteiger partial charge in [0, 0.05) is 12.1 Å². The summed E-state index contributed by atoms with van der Waals surface area (Å²) >= 11 is 0. The molecule has 1 aliphatic rings. The van der Waals surface area contributed by atoms with Crippen molar-refractivity contribution in [1.29, 1.82) is 0 Å². The van der Waals surface area contributed by atoms with Gasteiger partial charge >= 0.3 is 0 Å². The standard InChI is InChI=1S/C20H24N2O2/c1-14-7-10-17(18(11-14)24-13-15-8-9-15)12-22-20(23)19(21)16-5-3-2-4-6-16/h2-7,10-11,15,19H,8-9,12-13,21H2,1H3,(H,22,23). The van der Waals surface area contributed by atoms with Crippen molar-refractivity contribution >= 4 is 5.91 Å². The number of hydrogen-bond acceptors (Lipinski definition) is 3. The quantitative estimate of drug-likeness (QED) is 0.822. The number of nitrogens with two attached hydrogens (primary N) is 1. The SMILES string of the molecule is Cc1ccc(CNC(=O)C(N)c2ccccc2)c(OCC2CC2)c1. The first-order valence-electron chi connectivity index (χ1n) is 8.44. The molecule has 1 fully saturated rings. The molecule has 0 aromatic heterocycles. The molecule has 1 saturated carbocycles. The number of hydrogen-bond donors (Lipinski definition) is 2. The van der Waals surface area contributed by atoms with Crippen LogP contribution in [-0.2, 0) is 11.3 Å². The minimum absolute atomic E-state index is 0.185. The normalized spacial score (nSPS) is 14.9. The molecule has 0 aliphatic heterocycles. The zero-order valence-electron chi connectivity index (χ0n) is 14.0. The smallest absolute Gasteiger partial charge is 0.241 e. The summed E-state index contributed by atoms with van der Waals surface area (Å²) < 4.78 is 5.94. The van der Waals surface area contributed by atoms with E-state index >= 15 is 0 Å². The van der Waals surface area contributed by atoms with Gasteiger partial charge in [-0.25, -0.2) is 0 Å². The Morgan fingerprint density at radius 3 is 2.71 bits per heavy atom. The summed E-state index contributed by atoms with van der Waals surface area (Å²) in [5.74, 6) is 1.37. The lowest BCUT2D eigenvalue weighted by Crippen LogP contribution is -2.33. The van der Waals surface area contributed by atoms with Gasteiger partial charge in [-0.05, 0) is 42.9 Å². The van der Waals surface area contributed by atoms with Crippen molar-refractivity contribution in [2.45, 2.75) is 32.4 Å². The Kier molecular flexibility index (Phi) is 5.16. The van der Waals surface area contributed by atoms with E-state index in [9.17, 15) is 4.79 Å². The Labute approximate surface area is 143 Å². The fourth-order valence-electron chi connectivity index (χ4n) is 2.54. The number of aryl methyl sites for hydroxylation is 1. The second-order valence-corrected chi connectivity index (χ2v) is 6.47. The van der Waals surface area contributed by atoms with Crippen LogP contribution in [0.3, 0.4) is 0 Å². The number of carbonyl (C=O) groups is 1. The first-order valence-corrected chi connectivity index (χ1v) is 8.44. The molecular weight excluding hydrogens is 300 g/mol. The third kappa shape index (κ3) is 4.36. The van der Waals surface area contributed by atoms with Crippen LogP contribution in [0.15, 0.2) is 48.5 Å². The van der Waals surface area contributed by atoms with Gasteiger partial charge in [0.25, 0.3) is 0 Å². The monoisotopic (exact) mass is 324 g/mol. The zero-order valence-corrected chi connectivity index (χ0v) is 14.0. The van der Waals surface area contributed by atoms with Crippen LogP contribution < -0.4 is 15.8 Å². The number of ether oxygens (including phenoxy) is 1. The lowest BCUT2D eigenvalue weighted by Gasteiger charge is -2.15. The van der Waals surface area contributed by atoms with Crippen LogP contribution in [0.1, 0.15) is 35.6 Å². The number of amides is 1. The Morgan fingerprint density at radius 2 is 2.00 bits per heavy atom. The highest BCUT2D eigenvalue weighted by Crippen LogP contribution is 2.30. The minimum Gasteiger partial charge on any atom is -0.493 e. The molecule has 3 rings (SSSR count). The first-order chi connectivity index (χ1) is 11.6. The number of carbonyl (C=O) groups excluding carboxylic acids is 1. The number of rotatable bonds is 7. The number of nitrogens with one attached hydrogen (secondary N) is 1. The predicted octanol–water partition coefficient (Wildman–Crippen LogP) is 3.10. The van der Waals surface area contributed by atoms with Crippen molar-refractivity contribution in [3.63, 3.8) is 0 Å². The molecule has 4 heteroatoms. The highest BCUT2D eigenvalue weighted by atomic mass is 16.5. The average molecular weight is 324 g/mol. The fraction of sp³-hybridized carbons (Fsp3) is 0.350. The van der Waals surface area contributed by atoms with Gasteiger partial charge in [0.05, 0.1) is 6.61 Å². The van der Waals surface area contributed by atoms with Gasteiger partial charge in [-0.1, -0.05) is 42.5 Å². The molecule has 1 unspecified atom stereocenters. The molecule has 0 bridgehead atoms. The van der Waals surface area contributed by atoms with Gasteiger partial charge in [0.15, 0.2) is 0 Å². The van der Waals surface area contributed by atoms with E-state index < -0.39 is 6.04 Å². The molecule has 1 atom stereocenters. The molecule has 4 nitrogen and oxygen atoms in total. The van der Waals surface area contributed by atoms with Crippen LogP contribution in [0.5, 0.6) is 5.75 Å². The van der Waals surface area contributed by atoms with Crippen LogP contribution >= 0.6 is 0 Å². The summed E-state index contributed by atoms with van der Waals surface area (Å²) in [5.41, 5.74) is 8.97. The maximum absolute atomic E-state index is 12.3. The minimum atomic E-state index is -0.660. The molecule has 2 aromatic rings. The molecule has 126 valence electrons. The van der Waals surface area contributed by atoms with E-state index in [2.05, 4.69) is 5.32 Å². The predicted molar refractivity (Wildman–Crippen MR) is 94.6 cm³/mol. The van der Waals surface area contributed by atoms with Crippen molar-refractivity contribution in [3.8, 4) is 5.75 Å². The topological polar surface area (TPSA) is 64.4 Å². The Bertz CT molecular complexity index is 696. The molecule has 1 amide bonds. The van der Waals surface area contributed by atoms with Crippen LogP contribution in [-0.4, -0.2) is 12.5 Å². The summed E-state index contributed by atoms with van der Waals surface area (Å²) in [7, 11) is 0. The summed E-state index contributed by atoms with van der Waals surface area (Å²) in [5, 5.41) is 2.92. The van der Waals surface area contributed by atoms with Crippen LogP contribution in [0.25, 0.3) is 0 Å². The van der Waals surface area contributed by atoms with E-state index in [0.29, 0.717) is 12.5 Å². The maximum Gasteiger partial charge on any atom is 0.241 e. The van der Waals surface area contributed by atoms with Crippen LogP contribution in [0, 0.1) is 12.8 Å². The molecule has 2 aromatic carbocycles. The molecule has 0 saturated heterocycles. The van der Waals surface area contributed by atoms with Crippen molar-refractivity contribution in [2.75, 3.05) is 6.61 Å². The number of benzene rings is 2. The fourth-order valence-corrected chi connectivity index (χ4v) is 2.54. The van der Waals surface area contributed by atoms with Gasteiger partial charge in [-0.3, -0.25) is 4.79 Å². The zero-order chi connectivity index (χ0) is 16.9. The van der Waals surface area contributed by atoms with Crippen molar-refractivity contribution < 1.29 is 9.53 Å². The first kappa shape index (κ1) is 16.5.